The molecule has 0 saturated heterocycles. The smallest absolute Gasteiger partial charge is 0.242 e. The zero-order valence-corrected chi connectivity index (χ0v) is 11.5. The number of aromatic nitrogens is 3. The Bertz CT molecular complexity index is 706. The number of rotatable bonds is 5. The molecule has 2 rings (SSSR count). The van der Waals surface area contributed by atoms with Crippen LogP contribution in [0.3, 0.4) is 0 Å². The molecule has 7 nitrogen and oxygen atoms in total. The van der Waals surface area contributed by atoms with Crippen molar-refractivity contribution in [2.75, 3.05) is 20.7 Å². The monoisotopic (exact) mass is 282 g/mol. The van der Waals surface area contributed by atoms with Gasteiger partial charge in [-0.25, -0.2) is 12.7 Å². The summed E-state index contributed by atoms with van der Waals surface area (Å²) in [5.74, 6) is 0. The average Bonchev–Trinajstić information content (AvgIpc) is 2.78. The predicted molar refractivity (Wildman–Crippen MR) is 70.0 cm³/mol. The van der Waals surface area contributed by atoms with Crippen LogP contribution in [0.1, 0.15) is 0 Å². The first-order valence-electron chi connectivity index (χ1n) is 5.49. The molecule has 0 spiro atoms. The van der Waals surface area contributed by atoms with E-state index in [4.69, 9.17) is 4.84 Å². The average molecular weight is 282 g/mol. The molecule has 0 saturated carbocycles. The van der Waals surface area contributed by atoms with Gasteiger partial charge in [0.1, 0.15) is 17.6 Å². The second-order valence-corrected chi connectivity index (χ2v) is 6.14. The SMILES string of the molecule is C=CCOn1nnc2ccc(S(=O)(=O)N(C)C)cc21. The normalized spacial score (nSPS) is 11.9. The quantitative estimate of drug-likeness (QED) is 0.737. The summed E-state index contributed by atoms with van der Waals surface area (Å²) in [6, 6.07) is 4.56. The van der Waals surface area contributed by atoms with Crippen LogP contribution in [0, 0.1) is 0 Å². The van der Waals surface area contributed by atoms with Crippen LogP contribution in [0.15, 0.2) is 35.7 Å². The van der Waals surface area contributed by atoms with Gasteiger partial charge >= 0.3 is 0 Å². The van der Waals surface area contributed by atoms with Gasteiger partial charge in [0.25, 0.3) is 0 Å². The van der Waals surface area contributed by atoms with E-state index in [1.165, 1.54) is 31.1 Å². The van der Waals surface area contributed by atoms with Crippen LogP contribution < -0.4 is 4.84 Å². The standard InChI is InChI=1S/C11H14N4O3S/c1-4-7-18-15-11-8-9(19(16,17)14(2)3)5-6-10(11)12-13-15/h4-6,8H,1,7H2,2-3H3. The first-order valence-corrected chi connectivity index (χ1v) is 6.93. The van der Waals surface area contributed by atoms with Gasteiger partial charge in [-0.2, -0.15) is 0 Å². The van der Waals surface area contributed by atoms with Gasteiger partial charge < -0.3 is 4.84 Å². The molecule has 0 aliphatic rings. The molecule has 0 radical (unpaired) electrons. The van der Waals surface area contributed by atoms with Crippen LogP contribution in [-0.4, -0.2) is 48.6 Å². The van der Waals surface area contributed by atoms with Crippen LogP contribution in [0.5, 0.6) is 0 Å². The lowest BCUT2D eigenvalue weighted by Crippen LogP contribution is -2.22. The van der Waals surface area contributed by atoms with Crippen LogP contribution in [0.25, 0.3) is 11.0 Å². The summed E-state index contributed by atoms with van der Waals surface area (Å²) in [4.78, 5) is 6.60. The van der Waals surface area contributed by atoms with E-state index in [1.807, 2.05) is 0 Å². The molecule has 0 aliphatic carbocycles. The summed E-state index contributed by atoms with van der Waals surface area (Å²) in [5, 5.41) is 7.67. The van der Waals surface area contributed by atoms with Gasteiger partial charge in [0, 0.05) is 14.1 Å². The van der Waals surface area contributed by atoms with Crippen molar-refractivity contribution in [3.63, 3.8) is 0 Å². The molecule has 0 atom stereocenters. The molecule has 0 amide bonds. The fourth-order valence-electron chi connectivity index (χ4n) is 1.47. The minimum Gasteiger partial charge on any atom is -0.391 e. The van der Waals surface area contributed by atoms with Gasteiger partial charge in [0.15, 0.2) is 0 Å². The lowest BCUT2D eigenvalue weighted by atomic mass is 10.3. The summed E-state index contributed by atoms with van der Waals surface area (Å²) in [5.41, 5.74) is 1.05. The Morgan fingerprint density at radius 2 is 2.21 bits per heavy atom. The van der Waals surface area contributed by atoms with Crippen molar-refractivity contribution in [3.8, 4) is 0 Å². The maximum absolute atomic E-state index is 12.0. The van der Waals surface area contributed by atoms with E-state index in [1.54, 1.807) is 12.1 Å². The van der Waals surface area contributed by atoms with E-state index in [0.717, 1.165) is 4.31 Å². The van der Waals surface area contributed by atoms with Crippen LogP contribution in [0.2, 0.25) is 0 Å². The third kappa shape index (κ3) is 2.45. The van der Waals surface area contributed by atoms with E-state index in [-0.39, 0.29) is 11.5 Å². The minimum absolute atomic E-state index is 0.163. The van der Waals surface area contributed by atoms with Crippen molar-refractivity contribution in [1.29, 1.82) is 0 Å². The molecule has 0 bridgehead atoms. The first kappa shape index (κ1) is 13.5. The van der Waals surface area contributed by atoms with Crippen LogP contribution in [0.4, 0.5) is 0 Å². The molecule has 8 heteroatoms. The highest BCUT2D eigenvalue weighted by Crippen LogP contribution is 2.18. The van der Waals surface area contributed by atoms with Crippen molar-refractivity contribution in [2.45, 2.75) is 4.90 Å². The topological polar surface area (TPSA) is 77.3 Å². The van der Waals surface area contributed by atoms with Gasteiger partial charge in [-0.05, 0) is 23.4 Å². The molecule has 0 aliphatic heterocycles. The first-order chi connectivity index (χ1) is 8.96. The number of sulfonamides is 1. The van der Waals surface area contributed by atoms with E-state index in [2.05, 4.69) is 16.9 Å². The van der Waals surface area contributed by atoms with E-state index < -0.39 is 10.0 Å². The molecular formula is C11H14N4O3S. The van der Waals surface area contributed by atoms with Crippen molar-refractivity contribution in [2.24, 2.45) is 0 Å². The molecule has 102 valence electrons. The fraction of sp³-hybridized carbons (Fsp3) is 0.273. The summed E-state index contributed by atoms with van der Waals surface area (Å²) in [6.07, 6.45) is 1.56. The van der Waals surface area contributed by atoms with Gasteiger partial charge in [0.05, 0.1) is 4.90 Å². The third-order valence-corrected chi connectivity index (χ3v) is 4.29. The van der Waals surface area contributed by atoms with Gasteiger partial charge in [0.2, 0.25) is 10.0 Å². The number of fused-ring (bicyclic) bond motifs is 1. The molecule has 0 fully saturated rings. The highest BCUT2D eigenvalue weighted by Gasteiger charge is 2.19. The Hall–Kier alpha value is -1.93. The molecular weight excluding hydrogens is 268 g/mol. The third-order valence-electron chi connectivity index (χ3n) is 2.48. The molecule has 19 heavy (non-hydrogen) atoms. The van der Waals surface area contributed by atoms with Gasteiger partial charge in [-0.1, -0.05) is 17.5 Å². The summed E-state index contributed by atoms with van der Waals surface area (Å²) in [6.45, 7) is 3.78. The lowest BCUT2D eigenvalue weighted by Gasteiger charge is -2.11. The van der Waals surface area contributed by atoms with E-state index in [9.17, 15) is 8.42 Å². The molecule has 1 heterocycles. The molecule has 2 aromatic rings. The summed E-state index contributed by atoms with van der Waals surface area (Å²) in [7, 11) is -0.544. The van der Waals surface area contributed by atoms with Crippen LogP contribution >= 0.6 is 0 Å². The van der Waals surface area contributed by atoms with Crippen molar-refractivity contribution in [3.05, 3.63) is 30.9 Å². The van der Waals surface area contributed by atoms with E-state index >= 15 is 0 Å². The second-order valence-electron chi connectivity index (χ2n) is 3.98. The number of nitrogens with zero attached hydrogens (tertiary/aromatic N) is 4. The van der Waals surface area contributed by atoms with Crippen molar-refractivity contribution >= 4 is 21.1 Å². The Morgan fingerprint density at radius 3 is 2.84 bits per heavy atom. The zero-order chi connectivity index (χ0) is 14.0. The molecule has 0 N–H and O–H groups in total. The molecule has 1 aromatic carbocycles. The second kappa shape index (κ2) is 4.98. The summed E-state index contributed by atoms with van der Waals surface area (Å²) >= 11 is 0. The predicted octanol–water partition coefficient (Wildman–Crippen LogP) is 0.296. The van der Waals surface area contributed by atoms with E-state index in [0.29, 0.717) is 11.0 Å². The maximum atomic E-state index is 12.0. The number of benzene rings is 1. The zero-order valence-electron chi connectivity index (χ0n) is 10.6. The highest BCUT2D eigenvalue weighted by molar-refractivity contribution is 7.89. The molecule has 1 aromatic heterocycles. The maximum Gasteiger partial charge on any atom is 0.242 e. The largest absolute Gasteiger partial charge is 0.391 e. The van der Waals surface area contributed by atoms with Crippen molar-refractivity contribution in [1.82, 2.24) is 19.5 Å². The Morgan fingerprint density at radius 1 is 1.47 bits per heavy atom. The lowest BCUT2D eigenvalue weighted by molar-refractivity contribution is 0.110. The Balaban J connectivity index is 2.52. The minimum atomic E-state index is -3.49. The van der Waals surface area contributed by atoms with Crippen molar-refractivity contribution < 1.29 is 13.3 Å². The Labute approximate surface area is 111 Å². The van der Waals surface area contributed by atoms with Crippen LogP contribution in [-0.2, 0) is 10.0 Å². The highest BCUT2D eigenvalue weighted by atomic mass is 32.2. The van der Waals surface area contributed by atoms with Gasteiger partial charge in [-0.3, -0.25) is 0 Å². The van der Waals surface area contributed by atoms with Gasteiger partial charge in [-0.15, -0.1) is 5.10 Å². The molecule has 0 unspecified atom stereocenters. The number of hydrogen-bond donors (Lipinski definition) is 0. The fourth-order valence-corrected chi connectivity index (χ4v) is 2.39. The summed E-state index contributed by atoms with van der Waals surface area (Å²) < 4.78 is 25.2. The number of hydrogen-bond acceptors (Lipinski definition) is 5. The Kier molecular flexibility index (Phi) is 3.54.